The first kappa shape index (κ1) is 26.1. The van der Waals surface area contributed by atoms with Crippen LogP contribution in [0.2, 0.25) is 10.0 Å². The summed E-state index contributed by atoms with van der Waals surface area (Å²) < 4.78 is 66.6. The molecule has 0 saturated carbocycles. The number of aliphatic hydroxyl groups excluding tert-OH is 2. The third kappa shape index (κ3) is 5.60. The van der Waals surface area contributed by atoms with Gasteiger partial charge in [-0.1, -0.05) is 29.3 Å². The van der Waals surface area contributed by atoms with Crippen molar-refractivity contribution in [3.63, 3.8) is 0 Å². The van der Waals surface area contributed by atoms with Crippen LogP contribution in [0.15, 0.2) is 36.5 Å². The molecule has 2 aromatic rings. The number of amides is 2. The molecule has 1 unspecified atom stereocenters. The molecule has 3 N–H and O–H groups in total. The predicted octanol–water partition coefficient (Wildman–Crippen LogP) is 5.17. The van der Waals surface area contributed by atoms with Gasteiger partial charge in [-0.2, -0.15) is 22.0 Å². The quantitative estimate of drug-likeness (QED) is 0.470. The minimum absolute atomic E-state index is 0.0871. The standard InChI is InChI=1S/C21H18Cl2F5N3O3/c22-15-8-13(1-2-14(15)21(26,27)28)30-19(34)31-5-3-11(4-6-31)18-16(23)7-12(9-29-18)20(24,25)17(33)10-32/h1-3,7-9,17,32-33H,4-6,10H2,(H,30,34). The smallest absolute Gasteiger partial charge is 0.393 e. The second-order valence-corrected chi connectivity index (χ2v) is 8.24. The Balaban J connectivity index is 1.68. The van der Waals surface area contributed by atoms with Crippen LogP contribution in [0.3, 0.4) is 0 Å². The molecule has 1 aliphatic heterocycles. The Bertz CT molecular complexity index is 1110. The maximum Gasteiger partial charge on any atom is 0.417 e. The lowest BCUT2D eigenvalue weighted by molar-refractivity contribution is -0.137. The zero-order chi connectivity index (χ0) is 25.3. The summed E-state index contributed by atoms with van der Waals surface area (Å²) in [5.41, 5.74) is -0.755. The summed E-state index contributed by atoms with van der Waals surface area (Å²) in [6.45, 7) is -0.839. The summed E-state index contributed by atoms with van der Waals surface area (Å²) in [5.74, 6) is -3.75. The lowest BCUT2D eigenvalue weighted by Crippen LogP contribution is -2.38. The normalized spacial score (nSPS) is 15.7. The number of carbonyl (C=O) groups excluding carboxylic acids is 1. The second kappa shape index (κ2) is 10.0. The van der Waals surface area contributed by atoms with Gasteiger partial charge in [0.25, 0.3) is 0 Å². The Morgan fingerprint density at radius 2 is 1.88 bits per heavy atom. The van der Waals surface area contributed by atoms with Crippen molar-refractivity contribution in [1.29, 1.82) is 0 Å². The van der Waals surface area contributed by atoms with E-state index in [0.717, 1.165) is 30.5 Å². The van der Waals surface area contributed by atoms with Crippen molar-refractivity contribution in [2.75, 3.05) is 25.0 Å². The van der Waals surface area contributed by atoms with Gasteiger partial charge in [0.1, 0.15) is 6.10 Å². The number of nitrogens with zero attached hydrogens (tertiary/aromatic N) is 2. The van der Waals surface area contributed by atoms with E-state index in [9.17, 15) is 31.9 Å². The van der Waals surface area contributed by atoms with Crippen LogP contribution in [0.4, 0.5) is 32.4 Å². The molecular weight excluding hydrogens is 508 g/mol. The number of anilines is 1. The SMILES string of the molecule is O=C(Nc1ccc(C(F)(F)F)c(Cl)c1)N1CC=C(c2ncc(C(F)(F)C(O)CO)cc2Cl)CC1. The lowest BCUT2D eigenvalue weighted by Gasteiger charge is -2.27. The summed E-state index contributed by atoms with van der Waals surface area (Å²) in [5, 5.41) is 19.9. The maximum atomic E-state index is 14.1. The Morgan fingerprint density at radius 3 is 2.41 bits per heavy atom. The summed E-state index contributed by atoms with van der Waals surface area (Å²) in [6, 6.07) is 3.25. The van der Waals surface area contributed by atoms with Crippen LogP contribution >= 0.6 is 23.2 Å². The third-order valence-corrected chi connectivity index (χ3v) is 5.74. The number of pyridine rings is 1. The fourth-order valence-electron chi connectivity index (χ4n) is 3.26. The van der Waals surface area contributed by atoms with E-state index in [-0.39, 0.29) is 35.9 Å². The van der Waals surface area contributed by atoms with Gasteiger partial charge < -0.3 is 20.4 Å². The zero-order valence-electron chi connectivity index (χ0n) is 17.2. The number of hydrogen-bond donors (Lipinski definition) is 3. The highest BCUT2D eigenvalue weighted by molar-refractivity contribution is 6.32. The van der Waals surface area contributed by atoms with Crippen molar-refractivity contribution in [3.8, 4) is 0 Å². The number of aliphatic hydroxyl groups is 2. The van der Waals surface area contributed by atoms with E-state index in [2.05, 4.69) is 10.3 Å². The van der Waals surface area contributed by atoms with E-state index >= 15 is 0 Å². The molecule has 34 heavy (non-hydrogen) atoms. The van der Waals surface area contributed by atoms with Crippen LogP contribution in [-0.4, -0.2) is 51.9 Å². The number of urea groups is 1. The second-order valence-electron chi connectivity index (χ2n) is 7.42. The van der Waals surface area contributed by atoms with Gasteiger partial charge in [-0.05, 0) is 36.3 Å². The highest BCUT2D eigenvalue weighted by Gasteiger charge is 2.41. The van der Waals surface area contributed by atoms with Crippen molar-refractivity contribution < 1.29 is 37.0 Å². The van der Waals surface area contributed by atoms with E-state index in [0.29, 0.717) is 5.57 Å². The average Bonchev–Trinajstić information content (AvgIpc) is 2.77. The van der Waals surface area contributed by atoms with Gasteiger partial charge in [-0.25, -0.2) is 4.79 Å². The highest BCUT2D eigenvalue weighted by atomic mass is 35.5. The van der Waals surface area contributed by atoms with Crippen LogP contribution in [0.1, 0.15) is 23.2 Å². The van der Waals surface area contributed by atoms with E-state index in [1.807, 2.05) is 0 Å². The number of benzene rings is 1. The molecule has 0 spiro atoms. The van der Waals surface area contributed by atoms with E-state index in [4.69, 9.17) is 28.3 Å². The topological polar surface area (TPSA) is 85.7 Å². The molecule has 0 aliphatic carbocycles. The van der Waals surface area contributed by atoms with Crippen molar-refractivity contribution in [3.05, 3.63) is 63.4 Å². The van der Waals surface area contributed by atoms with Crippen molar-refractivity contribution in [2.24, 2.45) is 0 Å². The number of hydrogen-bond acceptors (Lipinski definition) is 4. The molecular formula is C21H18Cl2F5N3O3. The average molecular weight is 526 g/mol. The van der Waals surface area contributed by atoms with Crippen molar-refractivity contribution in [2.45, 2.75) is 24.6 Å². The largest absolute Gasteiger partial charge is 0.417 e. The molecule has 1 aliphatic rings. The number of carbonyl (C=O) groups is 1. The van der Waals surface area contributed by atoms with E-state index < -0.39 is 47.0 Å². The van der Waals surface area contributed by atoms with Gasteiger partial charge in [0.15, 0.2) is 0 Å². The molecule has 0 fully saturated rings. The monoisotopic (exact) mass is 525 g/mol. The zero-order valence-corrected chi connectivity index (χ0v) is 18.7. The molecule has 184 valence electrons. The van der Waals surface area contributed by atoms with Crippen molar-refractivity contribution >= 4 is 40.5 Å². The molecule has 13 heteroatoms. The van der Waals surface area contributed by atoms with E-state index in [1.165, 1.54) is 4.90 Å². The molecule has 6 nitrogen and oxygen atoms in total. The molecule has 1 aromatic carbocycles. The summed E-state index contributed by atoms with van der Waals surface area (Å²) in [6.07, 6.45) is -4.17. The molecule has 2 amide bonds. The Hall–Kier alpha value is -2.47. The van der Waals surface area contributed by atoms with Crippen LogP contribution in [0.5, 0.6) is 0 Å². The molecule has 3 rings (SSSR count). The minimum atomic E-state index is -4.62. The van der Waals surface area contributed by atoms with Gasteiger partial charge in [0.05, 0.1) is 27.9 Å². The number of rotatable bonds is 5. The van der Waals surface area contributed by atoms with Gasteiger partial charge in [0.2, 0.25) is 0 Å². The Kier molecular flexibility index (Phi) is 7.71. The fraction of sp³-hybridized carbons (Fsp3) is 0.333. The van der Waals surface area contributed by atoms with Crippen LogP contribution in [0.25, 0.3) is 5.57 Å². The maximum absolute atomic E-state index is 14.1. The van der Waals surface area contributed by atoms with Crippen molar-refractivity contribution in [1.82, 2.24) is 9.88 Å². The number of halogens is 7. The number of nitrogens with one attached hydrogen (secondary N) is 1. The first-order valence-corrected chi connectivity index (χ1v) is 10.5. The fourth-order valence-corrected chi connectivity index (χ4v) is 3.83. The van der Waals surface area contributed by atoms with Crippen LogP contribution < -0.4 is 5.32 Å². The first-order chi connectivity index (χ1) is 15.8. The number of aromatic nitrogens is 1. The molecule has 0 radical (unpaired) electrons. The van der Waals surface area contributed by atoms with E-state index in [1.54, 1.807) is 6.08 Å². The van der Waals surface area contributed by atoms with Gasteiger partial charge in [-0.3, -0.25) is 4.98 Å². The molecule has 0 saturated heterocycles. The lowest BCUT2D eigenvalue weighted by atomic mass is 10.0. The molecule has 0 bridgehead atoms. The minimum Gasteiger partial charge on any atom is -0.393 e. The van der Waals surface area contributed by atoms with Gasteiger partial charge in [-0.15, -0.1) is 0 Å². The molecule has 2 heterocycles. The predicted molar refractivity (Wildman–Crippen MR) is 116 cm³/mol. The Morgan fingerprint density at radius 1 is 1.18 bits per heavy atom. The first-order valence-electron chi connectivity index (χ1n) is 9.79. The highest BCUT2D eigenvalue weighted by Crippen LogP contribution is 2.37. The van der Waals surface area contributed by atoms with Gasteiger partial charge >= 0.3 is 18.1 Å². The Labute approximate surface area is 200 Å². The summed E-state index contributed by atoms with van der Waals surface area (Å²) in [7, 11) is 0. The third-order valence-electron chi connectivity index (χ3n) is 5.14. The van der Waals surface area contributed by atoms with Crippen LogP contribution in [-0.2, 0) is 12.1 Å². The molecule has 1 atom stereocenters. The van der Waals surface area contributed by atoms with Gasteiger partial charge in [0, 0.05) is 30.5 Å². The summed E-state index contributed by atoms with van der Waals surface area (Å²) in [4.78, 5) is 17.8. The summed E-state index contributed by atoms with van der Waals surface area (Å²) >= 11 is 11.8. The number of alkyl halides is 5. The van der Waals surface area contributed by atoms with Crippen LogP contribution in [0, 0.1) is 0 Å². The molecule has 1 aromatic heterocycles.